The van der Waals surface area contributed by atoms with Crippen LogP contribution in [0, 0.1) is 5.92 Å². The first-order valence-electron chi connectivity index (χ1n) is 7.72. The van der Waals surface area contributed by atoms with Crippen molar-refractivity contribution in [2.45, 2.75) is 63.1 Å². The molecule has 0 amide bonds. The van der Waals surface area contributed by atoms with Crippen molar-refractivity contribution in [3.63, 3.8) is 0 Å². The van der Waals surface area contributed by atoms with Gasteiger partial charge in [-0.3, -0.25) is 0 Å². The summed E-state index contributed by atoms with van der Waals surface area (Å²) >= 11 is 6.60. The monoisotopic (exact) mass is 344 g/mol. The van der Waals surface area contributed by atoms with Crippen molar-refractivity contribution in [3.8, 4) is 0 Å². The molecule has 1 saturated carbocycles. The first-order chi connectivity index (χ1) is 9.29. The van der Waals surface area contributed by atoms with Gasteiger partial charge < -0.3 is 0 Å². The Hall–Kier alpha value is 0.0295. The molecule has 2 heteroatoms. The number of unbranched alkanes of at least 4 members (excludes halogenated alkanes) is 5. The van der Waals surface area contributed by atoms with E-state index < -0.39 is 0 Å². The van der Waals surface area contributed by atoms with E-state index in [9.17, 15) is 0 Å². The molecule has 19 heavy (non-hydrogen) atoms. The van der Waals surface area contributed by atoms with Gasteiger partial charge in [-0.15, -0.1) is 0 Å². The fourth-order valence-corrected chi connectivity index (χ4v) is 5.43. The molecule has 0 nitrogen and oxygen atoms in total. The average Bonchev–Trinajstić information content (AvgIpc) is 3.15. The van der Waals surface area contributed by atoms with Gasteiger partial charge in [0.05, 0.1) is 0 Å². The summed E-state index contributed by atoms with van der Waals surface area (Å²) in [7, 11) is 0. The van der Waals surface area contributed by atoms with Crippen molar-refractivity contribution in [3.05, 3.63) is 29.3 Å². The van der Waals surface area contributed by atoms with E-state index >= 15 is 0 Å². The Morgan fingerprint density at radius 2 is 1.74 bits per heavy atom. The fraction of sp³-hybridized carbons (Fsp3) is 0.647. The molecule has 0 N–H and O–H groups in total. The van der Waals surface area contributed by atoms with Gasteiger partial charge in [0, 0.05) is 0 Å². The third kappa shape index (κ3) is 5.90. The summed E-state index contributed by atoms with van der Waals surface area (Å²) in [4.78, 5) is 1.02. The molecule has 0 aromatic heterocycles. The van der Waals surface area contributed by atoms with E-state index in [1.54, 1.807) is 0 Å². The molecular formula is C17H25ClSe. The van der Waals surface area contributed by atoms with Gasteiger partial charge in [-0.05, 0) is 0 Å². The predicted octanol–water partition coefficient (Wildman–Crippen LogP) is 5.23. The van der Waals surface area contributed by atoms with Crippen molar-refractivity contribution < 1.29 is 0 Å². The molecule has 0 aliphatic heterocycles. The molecule has 1 aromatic rings. The van der Waals surface area contributed by atoms with Crippen LogP contribution in [0.3, 0.4) is 0 Å². The van der Waals surface area contributed by atoms with E-state index in [2.05, 4.69) is 19.1 Å². The Morgan fingerprint density at radius 1 is 1.05 bits per heavy atom. The molecule has 0 saturated heterocycles. The van der Waals surface area contributed by atoms with Crippen molar-refractivity contribution >= 4 is 31.0 Å². The van der Waals surface area contributed by atoms with E-state index in [4.69, 9.17) is 11.6 Å². The Bertz CT molecular complexity index is 360. The molecule has 1 aliphatic carbocycles. The van der Waals surface area contributed by atoms with Gasteiger partial charge in [-0.25, -0.2) is 0 Å². The van der Waals surface area contributed by atoms with Gasteiger partial charge in [-0.1, -0.05) is 0 Å². The predicted molar refractivity (Wildman–Crippen MR) is 86.7 cm³/mol. The Labute approximate surface area is 129 Å². The molecule has 1 aliphatic rings. The second-order valence-electron chi connectivity index (χ2n) is 5.66. The molecule has 1 aromatic carbocycles. The number of hydrogen-bond donors (Lipinski definition) is 0. The van der Waals surface area contributed by atoms with Crippen LogP contribution in [0.1, 0.15) is 58.3 Å². The van der Waals surface area contributed by atoms with Crippen LogP contribution in [0.25, 0.3) is 0 Å². The van der Waals surface area contributed by atoms with Crippen LogP contribution in [0.5, 0.6) is 0 Å². The van der Waals surface area contributed by atoms with Crippen LogP contribution in [0.2, 0.25) is 9.84 Å². The SMILES string of the molecule is CCCCCCCCC1CC1[Se]c1ccc(Cl)cc1. The summed E-state index contributed by atoms with van der Waals surface area (Å²) in [5.74, 6) is 1.04. The number of hydrogen-bond acceptors (Lipinski definition) is 0. The van der Waals surface area contributed by atoms with Crippen molar-refractivity contribution in [1.29, 1.82) is 0 Å². The maximum atomic E-state index is 5.92. The zero-order chi connectivity index (χ0) is 13.5. The molecule has 0 radical (unpaired) electrons. The molecule has 0 bridgehead atoms. The first kappa shape index (κ1) is 15.4. The number of benzene rings is 1. The molecular weight excluding hydrogens is 319 g/mol. The summed E-state index contributed by atoms with van der Waals surface area (Å²) < 4.78 is 1.52. The molecule has 2 atom stereocenters. The van der Waals surface area contributed by atoms with Crippen LogP contribution in [-0.4, -0.2) is 15.0 Å². The van der Waals surface area contributed by atoms with Gasteiger partial charge in [0.25, 0.3) is 0 Å². The molecule has 2 rings (SSSR count). The third-order valence-corrected chi connectivity index (χ3v) is 7.13. The summed E-state index contributed by atoms with van der Waals surface area (Å²) in [5.41, 5.74) is 0. The van der Waals surface area contributed by atoms with E-state index in [-0.39, 0.29) is 0 Å². The summed E-state index contributed by atoms with van der Waals surface area (Å²) in [6.07, 6.45) is 11.6. The average molecular weight is 344 g/mol. The summed E-state index contributed by atoms with van der Waals surface area (Å²) in [6.45, 7) is 2.29. The Kier molecular flexibility index (Phi) is 6.77. The second-order valence-corrected chi connectivity index (χ2v) is 8.85. The molecule has 0 heterocycles. The van der Waals surface area contributed by atoms with Crippen molar-refractivity contribution in [1.82, 2.24) is 0 Å². The van der Waals surface area contributed by atoms with Crippen LogP contribution < -0.4 is 4.46 Å². The topological polar surface area (TPSA) is 0 Å². The molecule has 106 valence electrons. The first-order valence-corrected chi connectivity index (χ1v) is 9.94. The van der Waals surface area contributed by atoms with Gasteiger partial charge >= 0.3 is 129 Å². The minimum atomic E-state index is 0.678. The molecule has 0 spiro atoms. The van der Waals surface area contributed by atoms with Crippen LogP contribution in [0.15, 0.2) is 24.3 Å². The number of rotatable bonds is 9. The van der Waals surface area contributed by atoms with Crippen LogP contribution in [0.4, 0.5) is 0 Å². The van der Waals surface area contributed by atoms with Crippen molar-refractivity contribution in [2.24, 2.45) is 5.92 Å². The van der Waals surface area contributed by atoms with E-state index in [1.807, 2.05) is 12.1 Å². The summed E-state index contributed by atoms with van der Waals surface area (Å²) in [5, 5.41) is 0.860. The van der Waals surface area contributed by atoms with Gasteiger partial charge in [0.15, 0.2) is 0 Å². The normalized spacial score (nSPS) is 21.6. The zero-order valence-corrected chi connectivity index (χ0v) is 14.4. The zero-order valence-electron chi connectivity index (χ0n) is 11.9. The van der Waals surface area contributed by atoms with Gasteiger partial charge in [0.2, 0.25) is 0 Å². The van der Waals surface area contributed by atoms with E-state index in [0.29, 0.717) is 15.0 Å². The van der Waals surface area contributed by atoms with Crippen LogP contribution in [-0.2, 0) is 0 Å². The van der Waals surface area contributed by atoms with Crippen LogP contribution >= 0.6 is 11.6 Å². The third-order valence-electron chi connectivity index (χ3n) is 3.89. The van der Waals surface area contributed by atoms with Gasteiger partial charge in [0.1, 0.15) is 0 Å². The maximum absolute atomic E-state index is 5.92. The molecule has 1 fully saturated rings. The van der Waals surface area contributed by atoms with Gasteiger partial charge in [-0.2, -0.15) is 0 Å². The molecule has 2 unspecified atom stereocenters. The quantitative estimate of drug-likeness (QED) is 0.425. The number of halogens is 1. The fourth-order valence-electron chi connectivity index (χ4n) is 2.54. The van der Waals surface area contributed by atoms with E-state index in [0.717, 1.165) is 15.8 Å². The van der Waals surface area contributed by atoms with Crippen molar-refractivity contribution in [2.75, 3.05) is 0 Å². The minimum absolute atomic E-state index is 0.678. The summed E-state index contributed by atoms with van der Waals surface area (Å²) in [6, 6.07) is 8.48. The standard InChI is InChI=1S/C17H25ClSe/c1-2-3-4-5-6-7-8-14-13-17(14)19-16-11-9-15(18)10-12-16/h9-12,14,17H,2-8,13H2,1H3. The Morgan fingerprint density at radius 3 is 2.47 bits per heavy atom. The Balaban J connectivity index is 1.54. The second kappa shape index (κ2) is 8.35. The van der Waals surface area contributed by atoms with E-state index in [1.165, 1.54) is 55.8 Å².